The predicted molar refractivity (Wildman–Crippen MR) is 76.5 cm³/mol. The highest BCUT2D eigenvalue weighted by atomic mass is 79.9. The van der Waals surface area contributed by atoms with Gasteiger partial charge in [0.25, 0.3) is 0 Å². The number of hydrogen-bond acceptors (Lipinski definition) is 4. The number of nitrogens with zero attached hydrogens (tertiary/aromatic N) is 2. The number of carbonyl (C=O) groups excluding carboxylic acids is 1. The third kappa shape index (κ3) is 4.76. The molecule has 6 heteroatoms. The van der Waals surface area contributed by atoms with Gasteiger partial charge in [-0.05, 0) is 30.3 Å². The molecular weight excluding hydrogens is 308 g/mol. The van der Waals surface area contributed by atoms with Crippen LogP contribution in [0.3, 0.4) is 0 Å². The van der Waals surface area contributed by atoms with E-state index in [1.807, 2.05) is 24.3 Å². The summed E-state index contributed by atoms with van der Waals surface area (Å²) < 4.78 is 0.979. The fourth-order valence-electron chi connectivity index (χ4n) is 1.47. The zero-order valence-electron chi connectivity index (χ0n) is 10.1. The zero-order valence-corrected chi connectivity index (χ0v) is 11.7. The number of amides is 1. The van der Waals surface area contributed by atoms with Crippen LogP contribution in [0.25, 0.3) is 0 Å². The third-order valence-corrected chi connectivity index (χ3v) is 2.89. The highest BCUT2D eigenvalue weighted by Gasteiger charge is 2.02. The number of halogens is 1. The van der Waals surface area contributed by atoms with E-state index in [9.17, 15) is 4.79 Å². The van der Waals surface area contributed by atoms with Gasteiger partial charge in [-0.1, -0.05) is 15.9 Å². The molecule has 98 valence electrons. The number of anilines is 1. The molecule has 2 N–H and O–H groups in total. The molecule has 1 aromatic carbocycles. The molecule has 0 unspecified atom stereocenters. The summed E-state index contributed by atoms with van der Waals surface area (Å²) in [5.74, 6) is -0.0867. The highest BCUT2D eigenvalue weighted by Crippen LogP contribution is 2.13. The summed E-state index contributed by atoms with van der Waals surface area (Å²) in [6, 6.07) is 9.24. The third-order valence-electron chi connectivity index (χ3n) is 2.36. The van der Waals surface area contributed by atoms with E-state index < -0.39 is 0 Å². The van der Waals surface area contributed by atoms with E-state index >= 15 is 0 Å². The lowest BCUT2D eigenvalue weighted by Gasteiger charge is -2.06. The lowest BCUT2D eigenvalue weighted by molar-refractivity contribution is -0.115. The van der Waals surface area contributed by atoms with Gasteiger partial charge in [-0.25, -0.2) is 9.97 Å². The molecule has 5 nitrogen and oxygen atoms in total. The molecule has 1 amide bonds. The molecule has 0 radical (unpaired) electrons. The van der Waals surface area contributed by atoms with Gasteiger partial charge in [0.15, 0.2) is 0 Å². The van der Waals surface area contributed by atoms with Crippen molar-refractivity contribution in [3.63, 3.8) is 0 Å². The Bertz CT molecular complexity index is 530. The summed E-state index contributed by atoms with van der Waals surface area (Å²) in [4.78, 5) is 19.6. The summed E-state index contributed by atoms with van der Waals surface area (Å²) in [6.07, 6.45) is 3.16. The Labute approximate surface area is 119 Å². The van der Waals surface area contributed by atoms with Crippen LogP contribution < -0.4 is 10.6 Å². The molecule has 0 bridgehead atoms. The largest absolute Gasteiger partial charge is 0.325 e. The maximum absolute atomic E-state index is 11.7. The first-order chi connectivity index (χ1) is 9.24. The average molecular weight is 321 g/mol. The molecule has 0 saturated carbocycles. The second-order valence-electron chi connectivity index (χ2n) is 3.86. The van der Waals surface area contributed by atoms with Crippen LogP contribution >= 0.6 is 15.9 Å². The van der Waals surface area contributed by atoms with E-state index in [4.69, 9.17) is 0 Å². The van der Waals surface area contributed by atoms with Gasteiger partial charge in [0.05, 0.1) is 12.2 Å². The molecule has 0 spiro atoms. The van der Waals surface area contributed by atoms with Gasteiger partial charge in [0.1, 0.15) is 6.33 Å². The molecule has 0 saturated heterocycles. The minimum atomic E-state index is -0.0867. The second-order valence-corrected chi connectivity index (χ2v) is 4.78. The number of benzene rings is 1. The number of nitrogens with one attached hydrogen (secondary N) is 2. The fourth-order valence-corrected chi connectivity index (χ4v) is 1.73. The number of rotatable bonds is 5. The van der Waals surface area contributed by atoms with Crippen molar-refractivity contribution in [3.8, 4) is 0 Å². The van der Waals surface area contributed by atoms with Gasteiger partial charge >= 0.3 is 0 Å². The molecule has 2 aromatic rings. The first-order valence-corrected chi connectivity index (χ1v) is 6.54. The molecule has 0 atom stereocenters. The molecule has 19 heavy (non-hydrogen) atoms. The van der Waals surface area contributed by atoms with Gasteiger partial charge in [-0.2, -0.15) is 0 Å². The SMILES string of the molecule is O=C(CNCc1ccncn1)Nc1ccc(Br)cc1. The van der Waals surface area contributed by atoms with Crippen molar-refractivity contribution in [1.82, 2.24) is 15.3 Å². The predicted octanol–water partition coefficient (Wildman–Crippen LogP) is 1.97. The topological polar surface area (TPSA) is 66.9 Å². The molecule has 0 aliphatic rings. The number of aromatic nitrogens is 2. The number of carbonyl (C=O) groups is 1. The summed E-state index contributed by atoms with van der Waals surface area (Å²) in [6.45, 7) is 0.774. The molecule has 2 rings (SSSR count). The van der Waals surface area contributed by atoms with E-state index in [2.05, 4.69) is 36.5 Å². The molecule has 1 heterocycles. The summed E-state index contributed by atoms with van der Waals surface area (Å²) in [5, 5.41) is 5.82. The van der Waals surface area contributed by atoms with Gasteiger partial charge in [0, 0.05) is 22.9 Å². The summed E-state index contributed by atoms with van der Waals surface area (Å²) >= 11 is 3.34. The minimum absolute atomic E-state index is 0.0867. The van der Waals surface area contributed by atoms with Crippen LogP contribution in [0.5, 0.6) is 0 Å². The van der Waals surface area contributed by atoms with Crippen LogP contribution in [0.4, 0.5) is 5.69 Å². The van der Waals surface area contributed by atoms with Crippen LogP contribution in [-0.2, 0) is 11.3 Å². The van der Waals surface area contributed by atoms with Crippen LogP contribution in [0.15, 0.2) is 47.3 Å². The smallest absolute Gasteiger partial charge is 0.238 e. The molecule has 0 fully saturated rings. The van der Waals surface area contributed by atoms with E-state index in [-0.39, 0.29) is 12.5 Å². The van der Waals surface area contributed by atoms with Gasteiger partial charge in [-0.15, -0.1) is 0 Å². The fraction of sp³-hybridized carbons (Fsp3) is 0.154. The van der Waals surface area contributed by atoms with Crippen LogP contribution in [0.2, 0.25) is 0 Å². The van der Waals surface area contributed by atoms with E-state index in [1.165, 1.54) is 6.33 Å². The minimum Gasteiger partial charge on any atom is -0.325 e. The Morgan fingerprint density at radius 2 is 2.00 bits per heavy atom. The Balaban J connectivity index is 1.74. The van der Waals surface area contributed by atoms with Crippen molar-refractivity contribution in [2.45, 2.75) is 6.54 Å². The molecule has 0 aliphatic heterocycles. The molecule has 1 aromatic heterocycles. The van der Waals surface area contributed by atoms with Crippen molar-refractivity contribution < 1.29 is 4.79 Å². The lowest BCUT2D eigenvalue weighted by atomic mass is 10.3. The van der Waals surface area contributed by atoms with Crippen molar-refractivity contribution >= 4 is 27.5 Å². The normalized spacial score (nSPS) is 10.2. The Morgan fingerprint density at radius 1 is 1.21 bits per heavy atom. The van der Waals surface area contributed by atoms with Crippen LogP contribution in [-0.4, -0.2) is 22.4 Å². The van der Waals surface area contributed by atoms with E-state index in [1.54, 1.807) is 12.3 Å². The highest BCUT2D eigenvalue weighted by molar-refractivity contribution is 9.10. The standard InChI is InChI=1S/C13H13BrN4O/c14-10-1-3-11(4-2-10)18-13(19)8-16-7-12-5-6-15-9-17-12/h1-6,9,16H,7-8H2,(H,18,19). The van der Waals surface area contributed by atoms with Crippen molar-refractivity contribution in [3.05, 3.63) is 53.0 Å². The second kappa shape index (κ2) is 6.96. The van der Waals surface area contributed by atoms with Gasteiger partial charge < -0.3 is 10.6 Å². The average Bonchev–Trinajstić information content (AvgIpc) is 2.43. The Kier molecular flexibility index (Phi) is 5.00. The van der Waals surface area contributed by atoms with Crippen molar-refractivity contribution in [2.24, 2.45) is 0 Å². The summed E-state index contributed by atoms with van der Waals surface area (Å²) in [7, 11) is 0. The Morgan fingerprint density at radius 3 is 2.68 bits per heavy atom. The van der Waals surface area contributed by atoms with E-state index in [0.717, 1.165) is 15.9 Å². The maximum atomic E-state index is 11.7. The van der Waals surface area contributed by atoms with Crippen molar-refractivity contribution in [2.75, 3.05) is 11.9 Å². The monoisotopic (exact) mass is 320 g/mol. The van der Waals surface area contributed by atoms with Gasteiger partial charge in [0.2, 0.25) is 5.91 Å². The molecular formula is C13H13BrN4O. The number of hydrogen-bond donors (Lipinski definition) is 2. The van der Waals surface area contributed by atoms with Crippen LogP contribution in [0, 0.1) is 0 Å². The maximum Gasteiger partial charge on any atom is 0.238 e. The van der Waals surface area contributed by atoms with Gasteiger partial charge in [-0.3, -0.25) is 4.79 Å². The molecule has 0 aliphatic carbocycles. The van der Waals surface area contributed by atoms with Crippen LogP contribution in [0.1, 0.15) is 5.69 Å². The van der Waals surface area contributed by atoms with E-state index in [0.29, 0.717) is 6.54 Å². The first kappa shape index (κ1) is 13.6. The summed E-state index contributed by atoms with van der Waals surface area (Å²) in [5.41, 5.74) is 1.63. The first-order valence-electron chi connectivity index (χ1n) is 5.75. The lowest BCUT2D eigenvalue weighted by Crippen LogP contribution is -2.27. The zero-order chi connectivity index (χ0) is 13.5. The van der Waals surface area contributed by atoms with Crippen molar-refractivity contribution in [1.29, 1.82) is 0 Å². The quantitative estimate of drug-likeness (QED) is 0.883. The Hall–Kier alpha value is -1.79.